The van der Waals surface area contributed by atoms with Crippen LogP contribution >= 0.6 is 0 Å². The summed E-state index contributed by atoms with van der Waals surface area (Å²) >= 11 is 0. The molecule has 4 aromatic rings. The Kier molecular flexibility index (Phi) is 4.36. The summed E-state index contributed by atoms with van der Waals surface area (Å²) in [6, 6.07) is 8.24. The largest absolute Gasteiger partial charge is 0.494 e. The molecular weight excluding hydrogens is 368 g/mol. The fourth-order valence-electron chi connectivity index (χ4n) is 3.62. The number of ether oxygens (including phenoxy) is 1. The molecule has 2 N–H and O–H groups in total. The highest BCUT2D eigenvalue weighted by Crippen LogP contribution is 2.30. The van der Waals surface area contributed by atoms with Crippen LogP contribution in [0.3, 0.4) is 0 Å². The van der Waals surface area contributed by atoms with Gasteiger partial charge in [-0.1, -0.05) is 6.07 Å². The lowest BCUT2D eigenvalue weighted by Crippen LogP contribution is -2.22. The second-order valence-electron chi connectivity index (χ2n) is 7.12. The van der Waals surface area contributed by atoms with Gasteiger partial charge in [0.25, 0.3) is 0 Å². The Bertz CT molecular complexity index is 1160. The quantitative estimate of drug-likeness (QED) is 0.538. The summed E-state index contributed by atoms with van der Waals surface area (Å²) in [5.74, 6) is 1.51. The molecule has 1 aliphatic heterocycles. The molecule has 9 heteroatoms. The average molecular weight is 390 g/mol. The predicted molar refractivity (Wildman–Crippen MR) is 110 cm³/mol. The van der Waals surface area contributed by atoms with E-state index in [0.29, 0.717) is 23.1 Å². The Balaban J connectivity index is 1.57. The minimum absolute atomic E-state index is 0.402. The number of rotatable bonds is 5. The fourth-order valence-corrected chi connectivity index (χ4v) is 3.62. The number of pyridine rings is 1. The SMILES string of the molecule is COc1cc2ncc(-c3cccc(NC4CCNC4)n3)n2nc1-c1cnn(C)c1. The molecule has 0 bridgehead atoms. The van der Waals surface area contributed by atoms with Gasteiger partial charge in [-0.25, -0.2) is 14.5 Å². The van der Waals surface area contributed by atoms with E-state index in [2.05, 4.69) is 20.7 Å². The van der Waals surface area contributed by atoms with Crippen molar-refractivity contribution in [1.82, 2.24) is 34.7 Å². The summed E-state index contributed by atoms with van der Waals surface area (Å²) in [5.41, 5.74) is 3.91. The Morgan fingerprint density at radius 1 is 1.28 bits per heavy atom. The molecular formula is C20H22N8O. The zero-order valence-electron chi connectivity index (χ0n) is 16.3. The van der Waals surface area contributed by atoms with Gasteiger partial charge in [0.1, 0.15) is 17.2 Å². The van der Waals surface area contributed by atoms with Crippen LogP contribution in [0.5, 0.6) is 5.75 Å². The highest BCUT2D eigenvalue weighted by molar-refractivity contribution is 5.69. The van der Waals surface area contributed by atoms with E-state index in [4.69, 9.17) is 14.8 Å². The average Bonchev–Trinajstić information content (AvgIpc) is 3.48. The molecule has 1 saturated heterocycles. The normalized spacial score (nSPS) is 16.4. The van der Waals surface area contributed by atoms with Crippen LogP contribution < -0.4 is 15.4 Å². The lowest BCUT2D eigenvalue weighted by molar-refractivity contribution is 0.414. The lowest BCUT2D eigenvalue weighted by atomic mass is 10.2. The van der Waals surface area contributed by atoms with E-state index in [1.807, 2.05) is 37.5 Å². The number of aromatic nitrogens is 6. The number of nitrogens with zero attached hydrogens (tertiary/aromatic N) is 6. The van der Waals surface area contributed by atoms with Gasteiger partial charge >= 0.3 is 0 Å². The van der Waals surface area contributed by atoms with Gasteiger partial charge in [-0.15, -0.1) is 0 Å². The third kappa shape index (κ3) is 3.29. The number of hydrogen-bond donors (Lipinski definition) is 2. The summed E-state index contributed by atoms with van der Waals surface area (Å²) in [4.78, 5) is 9.30. The van der Waals surface area contributed by atoms with Crippen molar-refractivity contribution in [3.05, 3.63) is 42.9 Å². The number of hydrogen-bond acceptors (Lipinski definition) is 7. The van der Waals surface area contributed by atoms with Crippen LogP contribution in [0.4, 0.5) is 5.82 Å². The highest BCUT2D eigenvalue weighted by Gasteiger charge is 2.17. The van der Waals surface area contributed by atoms with Crippen LogP contribution in [0.1, 0.15) is 6.42 Å². The zero-order chi connectivity index (χ0) is 19.8. The minimum Gasteiger partial charge on any atom is -0.494 e. The highest BCUT2D eigenvalue weighted by atomic mass is 16.5. The maximum Gasteiger partial charge on any atom is 0.157 e. The van der Waals surface area contributed by atoms with Gasteiger partial charge in [0.05, 0.1) is 25.2 Å². The van der Waals surface area contributed by atoms with Gasteiger partial charge in [-0.05, 0) is 25.1 Å². The van der Waals surface area contributed by atoms with Crippen LogP contribution in [0.15, 0.2) is 42.9 Å². The van der Waals surface area contributed by atoms with Crippen molar-refractivity contribution in [2.24, 2.45) is 7.05 Å². The van der Waals surface area contributed by atoms with Gasteiger partial charge < -0.3 is 15.4 Å². The number of imidazole rings is 1. The van der Waals surface area contributed by atoms with Crippen molar-refractivity contribution >= 4 is 11.5 Å². The molecule has 0 saturated carbocycles. The van der Waals surface area contributed by atoms with Crippen molar-refractivity contribution in [3.63, 3.8) is 0 Å². The minimum atomic E-state index is 0.402. The van der Waals surface area contributed by atoms with Crippen molar-refractivity contribution in [2.75, 3.05) is 25.5 Å². The second-order valence-corrected chi connectivity index (χ2v) is 7.12. The van der Waals surface area contributed by atoms with Crippen molar-refractivity contribution in [3.8, 4) is 28.4 Å². The summed E-state index contributed by atoms with van der Waals surface area (Å²) < 4.78 is 9.08. The third-order valence-corrected chi connectivity index (χ3v) is 5.08. The smallest absolute Gasteiger partial charge is 0.157 e. The van der Waals surface area contributed by atoms with E-state index in [9.17, 15) is 0 Å². The van der Waals surface area contributed by atoms with E-state index < -0.39 is 0 Å². The number of nitrogens with one attached hydrogen (secondary N) is 2. The number of fused-ring (bicyclic) bond motifs is 1. The first-order chi connectivity index (χ1) is 14.2. The maximum absolute atomic E-state index is 5.54. The number of anilines is 1. The third-order valence-electron chi connectivity index (χ3n) is 5.08. The van der Waals surface area contributed by atoms with Crippen molar-refractivity contribution in [1.29, 1.82) is 0 Å². The van der Waals surface area contributed by atoms with Crippen LogP contribution in [-0.4, -0.2) is 55.6 Å². The molecule has 1 aliphatic rings. The van der Waals surface area contributed by atoms with E-state index in [1.54, 1.807) is 28.7 Å². The van der Waals surface area contributed by atoms with Crippen LogP contribution in [0.25, 0.3) is 28.3 Å². The molecule has 0 aromatic carbocycles. The van der Waals surface area contributed by atoms with E-state index in [1.165, 1.54) is 0 Å². The van der Waals surface area contributed by atoms with Gasteiger partial charge in [0.2, 0.25) is 0 Å². The van der Waals surface area contributed by atoms with Crippen molar-refractivity contribution < 1.29 is 4.74 Å². The first-order valence-electron chi connectivity index (χ1n) is 9.58. The second kappa shape index (κ2) is 7.17. The Labute approximate surface area is 167 Å². The first kappa shape index (κ1) is 17.6. The summed E-state index contributed by atoms with van der Waals surface area (Å²) in [6.07, 6.45) is 6.56. The zero-order valence-corrected chi connectivity index (χ0v) is 16.3. The molecule has 0 aliphatic carbocycles. The molecule has 4 aromatic heterocycles. The lowest BCUT2D eigenvalue weighted by Gasteiger charge is -2.13. The van der Waals surface area contributed by atoms with Crippen LogP contribution in [0, 0.1) is 0 Å². The predicted octanol–water partition coefficient (Wildman–Crippen LogP) is 1.97. The summed E-state index contributed by atoms with van der Waals surface area (Å²) in [5, 5.41) is 15.9. The Morgan fingerprint density at radius 2 is 2.21 bits per heavy atom. The number of aryl methyl sites for hydroxylation is 1. The molecule has 0 spiro atoms. The van der Waals surface area contributed by atoms with Crippen LogP contribution in [-0.2, 0) is 7.05 Å². The molecule has 148 valence electrons. The molecule has 5 heterocycles. The summed E-state index contributed by atoms with van der Waals surface area (Å²) in [6.45, 7) is 1.99. The molecule has 5 rings (SSSR count). The van der Waals surface area contributed by atoms with Gasteiger partial charge in [-0.2, -0.15) is 10.2 Å². The van der Waals surface area contributed by atoms with E-state index in [-0.39, 0.29) is 0 Å². The van der Waals surface area contributed by atoms with Gasteiger partial charge in [0.15, 0.2) is 11.4 Å². The van der Waals surface area contributed by atoms with Crippen LogP contribution in [0.2, 0.25) is 0 Å². The van der Waals surface area contributed by atoms with Crippen molar-refractivity contribution in [2.45, 2.75) is 12.5 Å². The monoisotopic (exact) mass is 390 g/mol. The standard InChI is InChI=1S/C20H22N8O/c1-27-12-13(9-23-27)20-17(29-2)8-19-22-11-16(28(19)26-20)15-4-3-5-18(25-15)24-14-6-7-21-10-14/h3-5,8-9,11-12,14,21H,6-7,10H2,1-2H3,(H,24,25). The van der Waals surface area contributed by atoms with Gasteiger partial charge in [0, 0.05) is 37.5 Å². The Morgan fingerprint density at radius 3 is 2.97 bits per heavy atom. The molecule has 1 atom stereocenters. The summed E-state index contributed by atoms with van der Waals surface area (Å²) in [7, 11) is 3.51. The first-order valence-corrected chi connectivity index (χ1v) is 9.58. The molecule has 1 fully saturated rings. The topological polar surface area (TPSA) is 94.2 Å². The molecule has 29 heavy (non-hydrogen) atoms. The molecule has 9 nitrogen and oxygen atoms in total. The fraction of sp³-hybridized carbons (Fsp3) is 0.300. The molecule has 0 radical (unpaired) electrons. The molecule has 0 amide bonds. The van der Waals surface area contributed by atoms with E-state index >= 15 is 0 Å². The van der Waals surface area contributed by atoms with E-state index in [0.717, 1.165) is 42.3 Å². The van der Waals surface area contributed by atoms with Gasteiger partial charge in [-0.3, -0.25) is 4.68 Å². The maximum atomic E-state index is 5.54. The molecule has 1 unspecified atom stereocenters. The Hall–Kier alpha value is -3.46. The number of methoxy groups -OCH3 is 1.